The standard InChI is InChI=1S/C12H18N2O7/c1-5(20-2)6-3-14(12(19)13-10(6)18)11-9(17)8(16)7(4-15)21-11/h3,5,7-9,11,15-17H,4H2,1-2H3,(H,13,18,19)/t5?,7-,8-,9-,11-/m1/s1. The number of aromatic amines is 1. The van der Waals surface area contributed by atoms with Crippen LogP contribution in [0, 0.1) is 0 Å². The minimum absolute atomic E-state index is 0.176. The first-order chi connectivity index (χ1) is 9.90. The second-order valence-electron chi connectivity index (χ2n) is 4.86. The molecule has 1 aliphatic heterocycles. The van der Waals surface area contributed by atoms with Crippen LogP contribution in [0.2, 0.25) is 0 Å². The minimum Gasteiger partial charge on any atom is -0.394 e. The van der Waals surface area contributed by atoms with E-state index in [9.17, 15) is 19.8 Å². The van der Waals surface area contributed by atoms with Crippen LogP contribution in [0.5, 0.6) is 0 Å². The van der Waals surface area contributed by atoms with Gasteiger partial charge >= 0.3 is 5.69 Å². The number of H-pyrrole nitrogens is 1. The number of hydrogen-bond donors (Lipinski definition) is 4. The van der Waals surface area contributed by atoms with E-state index in [1.54, 1.807) is 6.92 Å². The normalized spacial score (nSPS) is 30.5. The second-order valence-corrected chi connectivity index (χ2v) is 4.86. The molecule has 21 heavy (non-hydrogen) atoms. The van der Waals surface area contributed by atoms with Crippen LogP contribution < -0.4 is 11.2 Å². The smallest absolute Gasteiger partial charge is 0.330 e. The van der Waals surface area contributed by atoms with Crippen LogP contribution >= 0.6 is 0 Å². The highest BCUT2D eigenvalue weighted by atomic mass is 16.6. The number of hydrogen-bond acceptors (Lipinski definition) is 7. The van der Waals surface area contributed by atoms with Crippen molar-refractivity contribution in [3.05, 3.63) is 32.6 Å². The molecule has 2 rings (SSSR count). The average Bonchev–Trinajstić information content (AvgIpc) is 2.74. The fourth-order valence-corrected chi connectivity index (χ4v) is 2.22. The topological polar surface area (TPSA) is 134 Å². The van der Waals surface area contributed by atoms with Crippen molar-refractivity contribution >= 4 is 0 Å². The summed E-state index contributed by atoms with van der Waals surface area (Å²) in [5.74, 6) is 0. The Hall–Kier alpha value is -1.52. The van der Waals surface area contributed by atoms with Crippen LogP contribution in [-0.4, -0.2) is 56.9 Å². The lowest BCUT2D eigenvalue weighted by Gasteiger charge is -2.19. The quantitative estimate of drug-likeness (QED) is 0.498. The molecule has 1 aromatic heterocycles. The highest BCUT2D eigenvalue weighted by molar-refractivity contribution is 5.09. The number of rotatable bonds is 4. The summed E-state index contributed by atoms with van der Waals surface area (Å²) in [6.07, 6.45) is -4.30. The number of aliphatic hydroxyl groups excluding tert-OH is 3. The number of aromatic nitrogens is 2. The first-order valence-corrected chi connectivity index (χ1v) is 6.41. The van der Waals surface area contributed by atoms with E-state index in [0.29, 0.717) is 0 Å². The zero-order valence-corrected chi connectivity index (χ0v) is 11.6. The maximum absolute atomic E-state index is 11.9. The van der Waals surface area contributed by atoms with Crippen molar-refractivity contribution in [1.82, 2.24) is 9.55 Å². The fraction of sp³-hybridized carbons (Fsp3) is 0.667. The molecule has 2 heterocycles. The summed E-state index contributed by atoms with van der Waals surface area (Å²) < 4.78 is 11.3. The minimum atomic E-state index is -1.41. The first-order valence-electron chi connectivity index (χ1n) is 6.41. The molecule has 0 aromatic carbocycles. The van der Waals surface area contributed by atoms with E-state index >= 15 is 0 Å². The van der Waals surface area contributed by atoms with Gasteiger partial charge in [-0.05, 0) is 6.92 Å². The first kappa shape index (κ1) is 15.9. The van der Waals surface area contributed by atoms with Crippen molar-refractivity contribution in [3.8, 4) is 0 Å². The van der Waals surface area contributed by atoms with Crippen molar-refractivity contribution in [2.24, 2.45) is 0 Å². The maximum atomic E-state index is 11.9. The van der Waals surface area contributed by atoms with Crippen LogP contribution in [0.1, 0.15) is 24.8 Å². The van der Waals surface area contributed by atoms with E-state index in [0.717, 1.165) is 4.57 Å². The zero-order chi connectivity index (χ0) is 15.7. The molecule has 0 saturated carbocycles. The van der Waals surface area contributed by atoms with Crippen molar-refractivity contribution in [3.63, 3.8) is 0 Å². The third kappa shape index (κ3) is 2.78. The Labute approximate surface area is 119 Å². The third-order valence-corrected chi connectivity index (χ3v) is 3.58. The molecule has 9 heteroatoms. The average molecular weight is 302 g/mol. The van der Waals surface area contributed by atoms with E-state index in [-0.39, 0.29) is 5.56 Å². The van der Waals surface area contributed by atoms with E-state index in [2.05, 4.69) is 4.98 Å². The Morgan fingerprint density at radius 3 is 2.62 bits per heavy atom. The molecule has 0 bridgehead atoms. The molecule has 1 saturated heterocycles. The lowest BCUT2D eigenvalue weighted by atomic mass is 10.1. The lowest BCUT2D eigenvalue weighted by molar-refractivity contribution is -0.0554. The Morgan fingerprint density at radius 2 is 2.10 bits per heavy atom. The number of ether oxygens (including phenoxy) is 2. The van der Waals surface area contributed by atoms with Crippen molar-refractivity contribution in [1.29, 1.82) is 0 Å². The Bertz CT molecular complexity index is 610. The fourth-order valence-electron chi connectivity index (χ4n) is 2.22. The van der Waals surface area contributed by atoms with Gasteiger partial charge in [-0.2, -0.15) is 0 Å². The monoisotopic (exact) mass is 302 g/mol. The molecular formula is C12H18N2O7. The van der Waals surface area contributed by atoms with Crippen molar-refractivity contribution < 1.29 is 24.8 Å². The molecule has 4 N–H and O–H groups in total. The maximum Gasteiger partial charge on any atom is 0.330 e. The van der Waals surface area contributed by atoms with E-state index in [1.165, 1.54) is 13.3 Å². The van der Waals surface area contributed by atoms with E-state index in [4.69, 9.17) is 14.6 Å². The molecule has 118 valence electrons. The summed E-state index contributed by atoms with van der Waals surface area (Å²) >= 11 is 0. The molecule has 1 aliphatic rings. The molecule has 5 atom stereocenters. The number of nitrogens with zero attached hydrogens (tertiary/aromatic N) is 1. The number of nitrogens with one attached hydrogen (secondary N) is 1. The van der Waals surface area contributed by atoms with Gasteiger partial charge in [0.2, 0.25) is 0 Å². The Balaban J connectivity index is 2.45. The summed E-state index contributed by atoms with van der Waals surface area (Å²) in [6.45, 7) is 1.12. The summed E-state index contributed by atoms with van der Waals surface area (Å²) in [7, 11) is 1.41. The van der Waals surface area contributed by atoms with Crippen LogP contribution in [0.25, 0.3) is 0 Å². The molecular weight excluding hydrogens is 284 g/mol. The lowest BCUT2D eigenvalue weighted by Crippen LogP contribution is -2.39. The van der Waals surface area contributed by atoms with Crippen molar-refractivity contribution in [2.45, 2.75) is 37.6 Å². The van der Waals surface area contributed by atoms with Gasteiger partial charge in [0.15, 0.2) is 6.23 Å². The van der Waals surface area contributed by atoms with E-state index in [1.807, 2.05) is 0 Å². The Morgan fingerprint density at radius 1 is 1.43 bits per heavy atom. The molecule has 1 aromatic rings. The summed E-state index contributed by atoms with van der Waals surface area (Å²) in [5, 5.41) is 28.7. The van der Waals surface area contributed by atoms with E-state index < -0.39 is 48.5 Å². The van der Waals surface area contributed by atoms with Gasteiger partial charge in [0.25, 0.3) is 5.56 Å². The zero-order valence-electron chi connectivity index (χ0n) is 11.6. The van der Waals surface area contributed by atoms with Gasteiger partial charge in [0.1, 0.15) is 18.3 Å². The molecule has 9 nitrogen and oxygen atoms in total. The molecule has 0 aliphatic carbocycles. The third-order valence-electron chi connectivity index (χ3n) is 3.58. The highest BCUT2D eigenvalue weighted by Crippen LogP contribution is 2.28. The predicted octanol–water partition coefficient (Wildman–Crippen LogP) is -2.14. The van der Waals surface area contributed by atoms with Crippen molar-refractivity contribution in [2.75, 3.05) is 13.7 Å². The summed E-state index contributed by atoms with van der Waals surface area (Å²) in [6, 6.07) is 0. The van der Waals surface area contributed by atoms with Crippen LogP contribution in [0.3, 0.4) is 0 Å². The van der Waals surface area contributed by atoms with Gasteiger partial charge in [-0.1, -0.05) is 0 Å². The second kappa shape index (κ2) is 6.08. The molecule has 0 spiro atoms. The molecule has 0 amide bonds. The van der Waals surface area contributed by atoms with Crippen LogP contribution in [0.4, 0.5) is 0 Å². The summed E-state index contributed by atoms with van der Waals surface area (Å²) in [4.78, 5) is 25.7. The molecule has 1 unspecified atom stereocenters. The number of aliphatic hydroxyl groups is 3. The molecule has 1 fully saturated rings. The van der Waals surface area contributed by atoms with Gasteiger partial charge in [-0.3, -0.25) is 14.3 Å². The van der Waals surface area contributed by atoms with Crippen LogP contribution in [0.15, 0.2) is 15.8 Å². The largest absolute Gasteiger partial charge is 0.394 e. The van der Waals surface area contributed by atoms with Gasteiger partial charge in [-0.25, -0.2) is 4.79 Å². The highest BCUT2D eigenvalue weighted by Gasteiger charge is 2.43. The van der Waals surface area contributed by atoms with Gasteiger partial charge in [0, 0.05) is 13.3 Å². The van der Waals surface area contributed by atoms with Crippen LogP contribution in [-0.2, 0) is 9.47 Å². The van der Waals surface area contributed by atoms with Gasteiger partial charge in [-0.15, -0.1) is 0 Å². The number of methoxy groups -OCH3 is 1. The SMILES string of the molecule is COC(C)c1cn([C@@H]2O[C@H](CO)[C@@H](O)[C@H]2O)c(=O)[nH]c1=O. The Kier molecular flexibility index (Phi) is 4.59. The van der Waals surface area contributed by atoms with Gasteiger partial charge < -0.3 is 24.8 Å². The molecule has 0 radical (unpaired) electrons. The predicted molar refractivity (Wildman–Crippen MR) is 69.8 cm³/mol. The summed E-state index contributed by atoms with van der Waals surface area (Å²) in [5.41, 5.74) is -1.21. The van der Waals surface area contributed by atoms with Gasteiger partial charge in [0.05, 0.1) is 18.3 Å².